The van der Waals surface area contributed by atoms with Gasteiger partial charge in [0.05, 0.1) is 20.3 Å². The lowest BCUT2D eigenvalue weighted by Crippen LogP contribution is -2.37. The van der Waals surface area contributed by atoms with Gasteiger partial charge in [0.2, 0.25) is 0 Å². The Labute approximate surface area is 125 Å². The summed E-state index contributed by atoms with van der Waals surface area (Å²) in [6.07, 6.45) is -0.525. The summed E-state index contributed by atoms with van der Waals surface area (Å²) in [6.45, 7) is 5.62. The van der Waals surface area contributed by atoms with Crippen LogP contribution in [0, 0.1) is 0 Å². The van der Waals surface area contributed by atoms with Gasteiger partial charge in [-0.2, -0.15) is 0 Å². The zero-order valence-electron chi connectivity index (χ0n) is 13.2. The molecule has 3 N–H and O–H groups in total. The maximum absolute atomic E-state index is 11.9. The van der Waals surface area contributed by atoms with Crippen molar-refractivity contribution < 1.29 is 19.0 Å². The van der Waals surface area contributed by atoms with Crippen LogP contribution in [-0.4, -0.2) is 32.5 Å². The zero-order chi connectivity index (χ0) is 16.0. The minimum atomic E-state index is -0.568. The number of rotatable bonds is 5. The minimum absolute atomic E-state index is 0.211. The van der Waals surface area contributed by atoms with E-state index < -0.39 is 17.7 Å². The lowest BCUT2D eigenvalue weighted by atomic mass is 10.1. The van der Waals surface area contributed by atoms with Gasteiger partial charge in [0, 0.05) is 12.1 Å². The van der Waals surface area contributed by atoms with Crippen LogP contribution in [0.25, 0.3) is 0 Å². The highest BCUT2D eigenvalue weighted by molar-refractivity contribution is 5.69. The highest BCUT2D eigenvalue weighted by Gasteiger charge is 2.23. The predicted octanol–water partition coefficient (Wildman–Crippen LogP) is 2.23. The first-order chi connectivity index (χ1) is 9.82. The molecule has 0 saturated heterocycles. The average molecular weight is 296 g/mol. The van der Waals surface area contributed by atoms with Crippen molar-refractivity contribution in [2.75, 3.05) is 20.8 Å². The number of hydrogen-bond donors (Lipinski definition) is 2. The smallest absolute Gasteiger partial charge is 0.408 e. The summed E-state index contributed by atoms with van der Waals surface area (Å²) in [7, 11) is 3.10. The summed E-state index contributed by atoms with van der Waals surface area (Å²) in [6, 6.07) is 5.00. The molecule has 0 spiro atoms. The van der Waals surface area contributed by atoms with Crippen molar-refractivity contribution in [1.82, 2.24) is 5.32 Å². The van der Waals surface area contributed by atoms with Crippen molar-refractivity contribution in [1.29, 1.82) is 0 Å². The van der Waals surface area contributed by atoms with E-state index in [2.05, 4.69) is 5.32 Å². The number of ether oxygens (including phenoxy) is 3. The summed E-state index contributed by atoms with van der Waals surface area (Å²) in [5.41, 5.74) is 5.94. The number of nitrogens with one attached hydrogen (secondary N) is 1. The van der Waals surface area contributed by atoms with Crippen molar-refractivity contribution in [3.8, 4) is 11.5 Å². The minimum Gasteiger partial charge on any atom is -0.493 e. The van der Waals surface area contributed by atoms with E-state index in [0.29, 0.717) is 11.5 Å². The van der Waals surface area contributed by atoms with E-state index in [1.807, 2.05) is 12.1 Å². The second-order valence-electron chi connectivity index (χ2n) is 5.52. The molecule has 0 aliphatic rings. The van der Waals surface area contributed by atoms with E-state index in [-0.39, 0.29) is 6.54 Å². The Balaban J connectivity index is 2.98. The maximum Gasteiger partial charge on any atom is 0.408 e. The number of alkyl carbamates (subject to hydrolysis) is 1. The van der Waals surface area contributed by atoms with E-state index >= 15 is 0 Å². The highest BCUT2D eigenvalue weighted by atomic mass is 16.6. The molecule has 6 heteroatoms. The van der Waals surface area contributed by atoms with Gasteiger partial charge in [0.25, 0.3) is 0 Å². The van der Waals surface area contributed by atoms with Crippen LogP contribution in [0.15, 0.2) is 18.2 Å². The fourth-order valence-electron chi connectivity index (χ4n) is 1.90. The third kappa shape index (κ3) is 4.82. The molecule has 6 nitrogen and oxygen atoms in total. The summed E-state index contributed by atoms with van der Waals surface area (Å²) >= 11 is 0. The zero-order valence-corrected chi connectivity index (χ0v) is 13.2. The third-order valence-electron chi connectivity index (χ3n) is 2.74. The molecule has 0 fully saturated rings. The number of carbonyl (C=O) groups excluding carboxylic acids is 1. The molecule has 1 rings (SSSR count). The lowest BCUT2D eigenvalue weighted by Gasteiger charge is -2.24. The van der Waals surface area contributed by atoms with Gasteiger partial charge in [-0.25, -0.2) is 4.79 Å². The largest absolute Gasteiger partial charge is 0.493 e. The molecule has 21 heavy (non-hydrogen) atoms. The molecule has 1 amide bonds. The Bertz CT molecular complexity index is 483. The van der Waals surface area contributed by atoms with Gasteiger partial charge >= 0.3 is 6.09 Å². The van der Waals surface area contributed by atoms with Crippen molar-refractivity contribution in [3.63, 3.8) is 0 Å². The van der Waals surface area contributed by atoms with Crippen LogP contribution in [0.4, 0.5) is 4.79 Å². The number of amides is 1. The van der Waals surface area contributed by atoms with Gasteiger partial charge < -0.3 is 25.3 Å². The molecule has 0 radical (unpaired) electrons. The molecule has 118 valence electrons. The second-order valence-corrected chi connectivity index (χ2v) is 5.52. The molecule has 0 heterocycles. The Kier molecular flexibility index (Phi) is 5.84. The standard InChI is InChI=1S/C15H24N2O4/c1-15(2,3)21-14(18)17-11(9-16)10-7-6-8-12(19-4)13(10)20-5/h6-8,11H,9,16H2,1-5H3,(H,17,18). The maximum atomic E-state index is 11.9. The van der Waals surface area contributed by atoms with Crippen molar-refractivity contribution in [2.24, 2.45) is 5.73 Å². The average Bonchev–Trinajstić information content (AvgIpc) is 2.41. The third-order valence-corrected chi connectivity index (χ3v) is 2.74. The van der Waals surface area contributed by atoms with Crippen molar-refractivity contribution >= 4 is 6.09 Å². The summed E-state index contributed by atoms with van der Waals surface area (Å²) in [5.74, 6) is 1.13. The Morgan fingerprint density at radius 2 is 1.95 bits per heavy atom. The van der Waals surface area contributed by atoms with Gasteiger partial charge in [0.1, 0.15) is 5.60 Å². The number of hydrogen-bond acceptors (Lipinski definition) is 5. The van der Waals surface area contributed by atoms with E-state index in [4.69, 9.17) is 19.9 Å². The molecular weight excluding hydrogens is 272 g/mol. The fourth-order valence-corrected chi connectivity index (χ4v) is 1.90. The lowest BCUT2D eigenvalue weighted by molar-refractivity contribution is 0.0504. The quantitative estimate of drug-likeness (QED) is 0.870. The van der Waals surface area contributed by atoms with Crippen LogP contribution < -0.4 is 20.5 Å². The van der Waals surface area contributed by atoms with Gasteiger partial charge in [-0.05, 0) is 26.8 Å². The number of nitrogens with two attached hydrogens (primary N) is 1. The normalized spacial score (nSPS) is 12.5. The number of benzene rings is 1. The molecule has 0 aliphatic heterocycles. The molecular formula is C15H24N2O4. The second kappa shape index (κ2) is 7.17. The molecule has 1 unspecified atom stereocenters. The highest BCUT2D eigenvalue weighted by Crippen LogP contribution is 2.34. The van der Waals surface area contributed by atoms with Gasteiger partial charge in [-0.15, -0.1) is 0 Å². The van der Waals surface area contributed by atoms with Crippen LogP contribution >= 0.6 is 0 Å². The Morgan fingerprint density at radius 1 is 1.29 bits per heavy atom. The van der Waals surface area contributed by atoms with E-state index in [0.717, 1.165) is 5.56 Å². The first-order valence-corrected chi connectivity index (χ1v) is 6.72. The van der Waals surface area contributed by atoms with Crippen LogP contribution in [0.1, 0.15) is 32.4 Å². The van der Waals surface area contributed by atoms with E-state index in [9.17, 15) is 4.79 Å². The van der Waals surface area contributed by atoms with Gasteiger partial charge in [-0.1, -0.05) is 12.1 Å². The van der Waals surface area contributed by atoms with Crippen LogP contribution in [0.2, 0.25) is 0 Å². The first-order valence-electron chi connectivity index (χ1n) is 6.72. The first kappa shape index (κ1) is 17.1. The number of para-hydroxylation sites is 1. The van der Waals surface area contributed by atoms with Crippen molar-refractivity contribution in [2.45, 2.75) is 32.4 Å². The molecule has 1 aromatic rings. The van der Waals surface area contributed by atoms with Crippen LogP contribution in [-0.2, 0) is 4.74 Å². The van der Waals surface area contributed by atoms with Gasteiger partial charge in [0.15, 0.2) is 11.5 Å². The van der Waals surface area contributed by atoms with Crippen LogP contribution in [0.3, 0.4) is 0 Å². The SMILES string of the molecule is COc1cccc(C(CN)NC(=O)OC(C)(C)C)c1OC. The van der Waals surface area contributed by atoms with Crippen molar-refractivity contribution in [3.05, 3.63) is 23.8 Å². The van der Waals surface area contributed by atoms with E-state index in [1.165, 1.54) is 0 Å². The summed E-state index contributed by atoms with van der Waals surface area (Å²) < 4.78 is 15.9. The summed E-state index contributed by atoms with van der Waals surface area (Å²) in [4.78, 5) is 11.9. The fraction of sp³-hybridized carbons (Fsp3) is 0.533. The Morgan fingerprint density at radius 3 is 2.43 bits per heavy atom. The monoisotopic (exact) mass is 296 g/mol. The molecule has 1 aromatic carbocycles. The number of carbonyl (C=O) groups is 1. The van der Waals surface area contributed by atoms with Crippen LogP contribution in [0.5, 0.6) is 11.5 Å². The topological polar surface area (TPSA) is 82.8 Å². The Hall–Kier alpha value is -1.95. The molecule has 1 atom stereocenters. The molecule has 0 aromatic heterocycles. The predicted molar refractivity (Wildman–Crippen MR) is 80.7 cm³/mol. The molecule has 0 bridgehead atoms. The number of methoxy groups -OCH3 is 2. The molecule has 0 saturated carbocycles. The summed E-state index contributed by atoms with van der Waals surface area (Å²) in [5, 5.41) is 2.74. The van der Waals surface area contributed by atoms with Gasteiger partial charge in [-0.3, -0.25) is 0 Å². The van der Waals surface area contributed by atoms with E-state index in [1.54, 1.807) is 41.1 Å². The molecule has 0 aliphatic carbocycles.